The largest absolute Gasteiger partial charge is 0.479 e. The second-order valence-electron chi connectivity index (χ2n) is 2.08. The summed E-state index contributed by atoms with van der Waals surface area (Å²) in [5, 5.41) is 20.9. The van der Waals surface area contributed by atoms with Crippen LogP contribution >= 0.6 is 0 Å². The zero-order valence-electron chi connectivity index (χ0n) is 5.71. The summed E-state index contributed by atoms with van der Waals surface area (Å²) < 4.78 is 1.36. The number of aliphatic carboxylic acids is 1. The second kappa shape index (κ2) is 3.16. The van der Waals surface area contributed by atoms with Crippen molar-refractivity contribution in [3.05, 3.63) is 18.5 Å². The predicted molar refractivity (Wildman–Crippen MR) is 35.9 cm³/mol. The van der Waals surface area contributed by atoms with Gasteiger partial charge in [-0.25, -0.2) is 4.79 Å². The molecule has 0 saturated heterocycles. The van der Waals surface area contributed by atoms with E-state index in [4.69, 9.17) is 10.2 Å². The Hall–Kier alpha value is -1.36. The number of carboxylic acids is 1. The third kappa shape index (κ3) is 2.05. The van der Waals surface area contributed by atoms with E-state index >= 15 is 0 Å². The van der Waals surface area contributed by atoms with Gasteiger partial charge in [-0.15, -0.1) is 0 Å². The Balaban J connectivity index is 2.50. The SMILES string of the molecule is O=C(O)[C@H](O)Cn1cccn1. The molecule has 1 rings (SSSR count). The highest BCUT2D eigenvalue weighted by Crippen LogP contribution is 1.90. The highest BCUT2D eigenvalue weighted by molar-refractivity contribution is 5.71. The van der Waals surface area contributed by atoms with Crippen molar-refractivity contribution in [2.45, 2.75) is 12.6 Å². The summed E-state index contributed by atoms with van der Waals surface area (Å²) in [5.74, 6) is -1.24. The monoisotopic (exact) mass is 156 g/mol. The lowest BCUT2D eigenvalue weighted by Gasteiger charge is -2.03. The molecule has 1 aromatic rings. The van der Waals surface area contributed by atoms with Gasteiger partial charge in [0.25, 0.3) is 0 Å². The van der Waals surface area contributed by atoms with E-state index in [1.54, 1.807) is 12.3 Å². The molecule has 60 valence electrons. The van der Waals surface area contributed by atoms with E-state index in [9.17, 15) is 4.79 Å². The van der Waals surface area contributed by atoms with Crippen LogP contribution in [0.2, 0.25) is 0 Å². The van der Waals surface area contributed by atoms with Gasteiger partial charge in [0.2, 0.25) is 0 Å². The van der Waals surface area contributed by atoms with E-state index in [1.165, 1.54) is 10.9 Å². The fourth-order valence-corrected chi connectivity index (χ4v) is 0.664. The lowest BCUT2D eigenvalue weighted by Crippen LogP contribution is -2.25. The predicted octanol–water partition coefficient (Wildman–Crippen LogP) is -0.671. The molecule has 1 aromatic heterocycles. The number of aliphatic hydroxyl groups is 1. The maximum Gasteiger partial charge on any atom is 0.334 e. The van der Waals surface area contributed by atoms with Crippen LogP contribution in [0.3, 0.4) is 0 Å². The van der Waals surface area contributed by atoms with E-state index in [2.05, 4.69) is 5.10 Å². The van der Waals surface area contributed by atoms with Gasteiger partial charge in [-0.1, -0.05) is 0 Å². The van der Waals surface area contributed by atoms with Gasteiger partial charge < -0.3 is 10.2 Å². The molecule has 0 aromatic carbocycles. The molecule has 11 heavy (non-hydrogen) atoms. The van der Waals surface area contributed by atoms with Crippen LogP contribution in [-0.2, 0) is 11.3 Å². The first kappa shape index (κ1) is 7.74. The van der Waals surface area contributed by atoms with Crippen LogP contribution in [0.25, 0.3) is 0 Å². The zero-order chi connectivity index (χ0) is 8.27. The lowest BCUT2D eigenvalue weighted by atomic mass is 10.4. The summed E-state index contributed by atoms with van der Waals surface area (Å²) in [6, 6.07) is 1.66. The van der Waals surface area contributed by atoms with Crippen molar-refractivity contribution in [3.63, 3.8) is 0 Å². The van der Waals surface area contributed by atoms with Crippen LogP contribution in [0, 0.1) is 0 Å². The van der Waals surface area contributed by atoms with E-state index in [1.807, 2.05) is 0 Å². The van der Waals surface area contributed by atoms with Gasteiger partial charge in [0.15, 0.2) is 6.10 Å². The number of rotatable bonds is 3. The zero-order valence-corrected chi connectivity index (χ0v) is 5.71. The smallest absolute Gasteiger partial charge is 0.334 e. The Labute approximate surface area is 62.9 Å². The number of aliphatic hydroxyl groups excluding tert-OH is 1. The number of hydrogen-bond donors (Lipinski definition) is 2. The Bertz CT molecular complexity index is 232. The van der Waals surface area contributed by atoms with Crippen molar-refractivity contribution in [2.75, 3.05) is 0 Å². The molecule has 5 heteroatoms. The average Bonchev–Trinajstić information content (AvgIpc) is 2.39. The van der Waals surface area contributed by atoms with Gasteiger partial charge in [0, 0.05) is 12.4 Å². The Morgan fingerprint density at radius 3 is 2.91 bits per heavy atom. The minimum atomic E-state index is -1.38. The summed E-state index contributed by atoms with van der Waals surface area (Å²) in [5.41, 5.74) is 0. The lowest BCUT2D eigenvalue weighted by molar-refractivity contribution is -0.147. The summed E-state index contributed by atoms with van der Waals surface area (Å²) >= 11 is 0. The molecule has 0 amide bonds. The summed E-state index contributed by atoms with van der Waals surface area (Å²) in [4.78, 5) is 10.1. The van der Waals surface area contributed by atoms with Crippen LogP contribution < -0.4 is 0 Å². The molecule has 0 aliphatic rings. The topological polar surface area (TPSA) is 75.3 Å². The van der Waals surface area contributed by atoms with Crippen LogP contribution in [0.15, 0.2) is 18.5 Å². The van der Waals surface area contributed by atoms with Crippen LogP contribution in [0.5, 0.6) is 0 Å². The van der Waals surface area contributed by atoms with Crippen LogP contribution in [0.4, 0.5) is 0 Å². The van der Waals surface area contributed by atoms with Crippen LogP contribution in [-0.4, -0.2) is 32.1 Å². The quantitative estimate of drug-likeness (QED) is 0.608. The standard InChI is InChI=1S/C6H8N2O3/c9-5(6(10)11)4-8-3-1-2-7-8/h1-3,5,9H,4H2,(H,10,11)/t5-/m1/s1. The third-order valence-corrected chi connectivity index (χ3v) is 1.20. The number of carbonyl (C=O) groups is 1. The molecule has 0 unspecified atom stereocenters. The molecular weight excluding hydrogens is 148 g/mol. The maximum atomic E-state index is 10.1. The number of nitrogens with zero attached hydrogens (tertiary/aromatic N) is 2. The molecule has 0 saturated carbocycles. The Morgan fingerprint density at radius 2 is 2.45 bits per heavy atom. The number of carboxylic acid groups (broad SMARTS) is 1. The highest BCUT2D eigenvalue weighted by Gasteiger charge is 2.12. The van der Waals surface area contributed by atoms with E-state index in [0.717, 1.165) is 0 Å². The van der Waals surface area contributed by atoms with E-state index in [0.29, 0.717) is 0 Å². The van der Waals surface area contributed by atoms with Crippen molar-refractivity contribution in [2.24, 2.45) is 0 Å². The summed E-state index contributed by atoms with van der Waals surface area (Å²) in [7, 11) is 0. The molecule has 1 atom stereocenters. The summed E-state index contributed by atoms with van der Waals surface area (Å²) in [6.45, 7) is -0.0116. The average molecular weight is 156 g/mol. The normalized spacial score (nSPS) is 12.8. The van der Waals surface area contributed by atoms with Crippen molar-refractivity contribution in [1.29, 1.82) is 0 Å². The Morgan fingerprint density at radius 1 is 1.73 bits per heavy atom. The molecule has 5 nitrogen and oxygen atoms in total. The maximum absolute atomic E-state index is 10.1. The fourth-order valence-electron chi connectivity index (χ4n) is 0.664. The van der Waals surface area contributed by atoms with Crippen molar-refractivity contribution in [1.82, 2.24) is 9.78 Å². The molecule has 0 fully saturated rings. The molecule has 0 aliphatic carbocycles. The van der Waals surface area contributed by atoms with E-state index < -0.39 is 12.1 Å². The minimum Gasteiger partial charge on any atom is -0.479 e. The van der Waals surface area contributed by atoms with Crippen LogP contribution in [0.1, 0.15) is 0 Å². The van der Waals surface area contributed by atoms with Gasteiger partial charge in [-0.3, -0.25) is 4.68 Å². The molecule has 1 heterocycles. The van der Waals surface area contributed by atoms with Crippen molar-refractivity contribution >= 4 is 5.97 Å². The molecule has 0 bridgehead atoms. The number of hydrogen-bond acceptors (Lipinski definition) is 3. The number of aromatic nitrogens is 2. The molecule has 0 spiro atoms. The van der Waals surface area contributed by atoms with Gasteiger partial charge >= 0.3 is 5.97 Å². The van der Waals surface area contributed by atoms with Gasteiger partial charge in [-0.05, 0) is 6.07 Å². The van der Waals surface area contributed by atoms with Gasteiger partial charge in [-0.2, -0.15) is 5.10 Å². The summed E-state index contributed by atoms with van der Waals surface area (Å²) in [6.07, 6.45) is 1.73. The fraction of sp³-hybridized carbons (Fsp3) is 0.333. The molecule has 0 radical (unpaired) electrons. The minimum absolute atomic E-state index is 0.0116. The van der Waals surface area contributed by atoms with Crippen molar-refractivity contribution < 1.29 is 15.0 Å². The first-order valence-corrected chi connectivity index (χ1v) is 3.08. The first-order valence-electron chi connectivity index (χ1n) is 3.08. The molecular formula is C6H8N2O3. The van der Waals surface area contributed by atoms with Crippen molar-refractivity contribution in [3.8, 4) is 0 Å². The highest BCUT2D eigenvalue weighted by atomic mass is 16.4. The molecule has 2 N–H and O–H groups in total. The third-order valence-electron chi connectivity index (χ3n) is 1.20. The molecule has 0 aliphatic heterocycles. The van der Waals surface area contributed by atoms with Gasteiger partial charge in [0.1, 0.15) is 0 Å². The van der Waals surface area contributed by atoms with E-state index in [-0.39, 0.29) is 6.54 Å². The first-order chi connectivity index (χ1) is 5.20. The second-order valence-corrected chi connectivity index (χ2v) is 2.08. The Kier molecular flexibility index (Phi) is 2.22. The van der Waals surface area contributed by atoms with Gasteiger partial charge in [0.05, 0.1) is 6.54 Å².